The van der Waals surface area contributed by atoms with Crippen LogP contribution in [0.4, 0.5) is 0 Å². The Bertz CT molecular complexity index is 439. The normalized spacial score (nSPS) is 27.8. The molecule has 4 saturated carbocycles. The molecule has 4 aliphatic carbocycles. The van der Waals surface area contributed by atoms with Crippen LogP contribution in [0.2, 0.25) is 0 Å². The van der Waals surface area contributed by atoms with Crippen LogP contribution >= 0.6 is 39.0 Å². The Morgan fingerprint density at radius 1 is 0.516 bits per heavy atom. The minimum Gasteiger partial charge on any atom is -0.121 e. The molecule has 180 valence electrons. The van der Waals surface area contributed by atoms with E-state index in [1.807, 2.05) is 0 Å². The summed E-state index contributed by atoms with van der Waals surface area (Å²) in [6.45, 7) is 2.33. The number of hydrogen-bond acceptors (Lipinski definition) is 0. The monoisotopic (exact) mass is 504 g/mol. The van der Waals surface area contributed by atoms with Crippen LogP contribution in [0, 0.1) is 0 Å². The van der Waals surface area contributed by atoms with Gasteiger partial charge in [-0.3, -0.25) is 0 Å². The van der Waals surface area contributed by atoms with Gasteiger partial charge in [0, 0.05) is 0 Å². The second kappa shape index (κ2) is 12.4. The Hall–Kier alpha value is 1.44. The molecule has 0 heterocycles. The topological polar surface area (TPSA) is 0 Å². The molecule has 4 rings (SSSR count). The van der Waals surface area contributed by atoms with Crippen molar-refractivity contribution in [3.63, 3.8) is 0 Å². The first kappa shape index (κ1) is 25.5. The Morgan fingerprint density at radius 2 is 0.742 bits per heavy atom. The molecule has 0 aromatic heterocycles. The van der Waals surface area contributed by atoms with Gasteiger partial charge < -0.3 is 0 Å². The molecule has 0 spiro atoms. The SMILES string of the molecule is CC(Cl)C(Cl)(P(C1CCCCC1)C1CCCCC1)P(C1CCCCC1)C1CCCCC1. The lowest BCUT2D eigenvalue weighted by molar-refractivity contribution is 0.474. The summed E-state index contributed by atoms with van der Waals surface area (Å²) in [5, 5.41) is 0.138. The second-order valence-electron chi connectivity index (χ2n) is 11.2. The quantitative estimate of drug-likeness (QED) is 0.238. The van der Waals surface area contributed by atoms with E-state index in [0.717, 1.165) is 22.6 Å². The summed E-state index contributed by atoms with van der Waals surface area (Å²) in [7, 11) is -0.417. The van der Waals surface area contributed by atoms with Gasteiger partial charge in [-0.1, -0.05) is 92.9 Å². The fourth-order valence-corrected chi connectivity index (χ4v) is 20.7. The van der Waals surface area contributed by atoms with Crippen molar-refractivity contribution in [3.8, 4) is 0 Å². The van der Waals surface area contributed by atoms with E-state index in [1.54, 1.807) is 0 Å². The molecular weight excluding hydrogens is 457 g/mol. The second-order valence-corrected chi connectivity index (χ2v) is 19.3. The van der Waals surface area contributed by atoms with Crippen LogP contribution in [0.1, 0.15) is 135 Å². The molecule has 0 bridgehead atoms. The first-order valence-corrected chi connectivity index (χ1v) is 17.8. The molecule has 4 fully saturated rings. The van der Waals surface area contributed by atoms with Gasteiger partial charge in [0.25, 0.3) is 0 Å². The molecule has 0 nitrogen and oxygen atoms in total. The highest BCUT2D eigenvalue weighted by atomic mass is 35.5. The van der Waals surface area contributed by atoms with Gasteiger partial charge in [-0.15, -0.1) is 23.2 Å². The lowest BCUT2D eigenvalue weighted by Gasteiger charge is -2.56. The molecule has 0 aliphatic heterocycles. The lowest BCUT2D eigenvalue weighted by atomic mass is 9.99. The van der Waals surface area contributed by atoms with Crippen molar-refractivity contribution >= 4 is 39.0 Å². The highest BCUT2D eigenvalue weighted by Gasteiger charge is 2.56. The minimum absolute atomic E-state index is 0.0692. The van der Waals surface area contributed by atoms with Gasteiger partial charge in [0.05, 0.1) is 9.73 Å². The highest BCUT2D eigenvalue weighted by molar-refractivity contribution is 7.81. The maximum absolute atomic E-state index is 8.27. The molecular formula is C27H48Cl2P2. The third kappa shape index (κ3) is 5.99. The van der Waals surface area contributed by atoms with Crippen LogP contribution in [0.5, 0.6) is 0 Å². The lowest BCUT2D eigenvalue weighted by Crippen LogP contribution is -2.42. The summed E-state index contributed by atoms with van der Waals surface area (Å²) in [5.74, 6) is 0. The maximum Gasteiger partial charge on any atom is 0.0998 e. The molecule has 0 saturated heterocycles. The summed E-state index contributed by atoms with van der Waals surface area (Å²) in [6, 6.07) is 0. The van der Waals surface area contributed by atoms with Gasteiger partial charge in [0.2, 0.25) is 0 Å². The maximum atomic E-state index is 8.27. The molecule has 31 heavy (non-hydrogen) atoms. The fraction of sp³-hybridized carbons (Fsp3) is 1.00. The Kier molecular flexibility index (Phi) is 10.2. The Balaban J connectivity index is 1.72. The van der Waals surface area contributed by atoms with Crippen LogP contribution in [0.3, 0.4) is 0 Å². The smallest absolute Gasteiger partial charge is 0.0998 e. The Morgan fingerprint density at radius 3 is 0.935 bits per heavy atom. The summed E-state index contributed by atoms with van der Waals surface area (Å²) >= 11 is 15.6. The van der Waals surface area contributed by atoms with E-state index >= 15 is 0 Å². The molecule has 1 atom stereocenters. The fourth-order valence-electron chi connectivity index (χ4n) is 7.60. The first-order valence-electron chi connectivity index (χ1n) is 14.0. The van der Waals surface area contributed by atoms with Crippen LogP contribution in [0.15, 0.2) is 0 Å². The summed E-state index contributed by atoms with van der Waals surface area (Å²) < 4.78 is -0.0692. The number of hydrogen-bond donors (Lipinski definition) is 0. The van der Waals surface area contributed by atoms with Crippen molar-refractivity contribution in [3.05, 3.63) is 0 Å². The van der Waals surface area contributed by atoms with Crippen molar-refractivity contribution in [1.82, 2.24) is 0 Å². The van der Waals surface area contributed by atoms with Gasteiger partial charge in [0.1, 0.15) is 0 Å². The zero-order valence-corrected chi connectivity index (χ0v) is 23.5. The third-order valence-corrected chi connectivity index (χ3v) is 20.2. The zero-order chi connectivity index (χ0) is 21.7. The van der Waals surface area contributed by atoms with Gasteiger partial charge in [-0.05, 0) is 80.9 Å². The largest absolute Gasteiger partial charge is 0.121 e. The predicted octanol–water partition coefficient (Wildman–Crippen LogP) is 10.8. The number of halogens is 2. The number of alkyl halides is 2. The number of rotatable bonds is 7. The molecule has 1 unspecified atom stereocenters. The van der Waals surface area contributed by atoms with E-state index in [2.05, 4.69) is 6.92 Å². The van der Waals surface area contributed by atoms with Gasteiger partial charge in [0.15, 0.2) is 0 Å². The molecule has 4 heteroatoms. The molecule has 0 radical (unpaired) electrons. The van der Waals surface area contributed by atoms with Crippen molar-refractivity contribution in [2.75, 3.05) is 0 Å². The van der Waals surface area contributed by atoms with E-state index in [-0.39, 0.29) is 25.6 Å². The molecule has 0 N–H and O–H groups in total. The predicted molar refractivity (Wildman–Crippen MR) is 145 cm³/mol. The zero-order valence-electron chi connectivity index (χ0n) is 20.2. The average Bonchev–Trinajstić information content (AvgIpc) is 2.82. The summed E-state index contributed by atoms with van der Waals surface area (Å²) in [4.78, 5) is 0. The molecule has 0 aromatic carbocycles. The van der Waals surface area contributed by atoms with E-state index in [1.165, 1.54) is 128 Å². The van der Waals surface area contributed by atoms with Crippen molar-refractivity contribution in [1.29, 1.82) is 0 Å². The van der Waals surface area contributed by atoms with Gasteiger partial charge in [-0.2, -0.15) is 0 Å². The van der Waals surface area contributed by atoms with Crippen LogP contribution in [0.25, 0.3) is 0 Å². The van der Waals surface area contributed by atoms with Gasteiger partial charge in [-0.25, -0.2) is 0 Å². The van der Waals surface area contributed by atoms with Crippen molar-refractivity contribution < 1.29 is 0 Å². The van der Waals surface area contributed by atoms with Crippen LogP contribution < -0.4 is 0 Å². The third-order valence-electron chi connectivity index (χ3n) is 9.10. The molecule has 4 aliphatic rings. The van der Waals surface area contributed by atoms with Gasteiger partial charge >= 0.3 is 0 Å². The standard InChI is InChI=1S/C27H48Cl2P2/c1-22(28)27(29,30(23-14-6-2-7-15-23)24-16-8-3-9-17-24)31(25-18-10-4-11-19-25)26-20-12-5-13-21-26/h22-26H,2-21H2,1H3. The molecule has 0 amide bonds. The van der Waals surface area contributed by atoms with E-state index in [9.17, 15) is 0 Å². The first-order chi connectivity index (χ1) is 15.1. The van der Waals surface area contributed by atoms with Crippen molar-refractivity contribution in [2.45, 2.75) is 168 Å². The molecule has 0 aromatic rings. The summed E-state index contributed by atoms with van der Waals surface area (Å²) in [6.07, 6.45) is 29.1. The summed E-state index contributed by atoms with van der Waals surface area (Å²) in [5.41, 5.74) is 3.62. The van der Waals surface area contributed by atoms with E-state index in [4.69, 9.17) is 23.2 Å². The van der Waals surface area contributed by atoms with Crippen molar-refractivity contribution in [2.24, 2.45) is 0 Å². The average molecular weight is 506 g/mol. The van der Waals surface area contributed by atoms with E-state index in [0.29, 0.717) is 0 Å². The highest BCUT2D eigenvalue weighted by Crippen LogP contribution is 2.81. The van der Waals surface area contributed by atoms with Crippen LogP contribution in [-0.4, -0.2) is 32.4 Å². The van der Waals surface area contributed by atoms with E-state index < -0.39 is 0 Å². The van der Waals surface area contributed by atoms with Crippen LogP contribution in [-0.2, 0) is 0 Å². The Labute approximate surface area is 206 Å². The minimum atomic E-state index is -0.209.